The number of ketones is 1. The van der Waals surface area contributed by atoms with Crippen molar-refractivity contribution in [3.8, 4) is 0 Å². The molecule has 1 aliphatic carbocycles. The number of hydrogen-bond acceptors (Lipinski definition) is 2. The molecule has 0 aliphatic heterocycles. The van der Waals surface area contributed by atoms with Gasteiger partial charge in [-0.3, -0.25) is 4.79 Å². The van der Waals surface area contributed by atoms with Gasteiger partial charge >= 0.3 is 0 Å². The summed E-state index contributed by atoms with van der Waals surface area (Å²) in [5.74, 6) is 0.275. The van der Waals surface area contributed by atoms with Crippen LogP contribution in [0.15, 0.2) is 30.3 Å². The molecule has 3 heteroatoms. The monoisotopic (exact) mass is 278 g/mol. The summed E-state index contributed by atoms with van der Waals surface area (Å²) in [6.45, 7) is 6.12. The van der Waals surface area contributed by atoms with Crippen LogP contribution in [0.3, 0.4) is 0 Å². The van der Waals surface area contributed by atoms with Gasteiger partial charge in [-0.15, -0.1) is 0 Å². The molecule has 0 saturated heterocycles. The van der Waals surface area contributed by atoms with Crippen LogP contribution in [-0.2, 0) is 9.36 Å². The summed E-state index contributed by atoms with van der Waals surface area (Å²) in [4.78, 5) is 11.8. The third-order valence-corrected chi connectivity index (χ3v) is 8.63. The molecule has 0 N–H and O–H groups in total. The van der Waals surface area contributed by atoms with Gasteiger partial charge in [0.1, 0.15) is 12.9 Å². The minimum Gasteiger partial charge on any atom is -0.318 e. The minimum absolute atomic E-state index is 0.0242. The second-order valence-corrected chi connectivity index (χ2v) is 10.4. The lowest BCUT2D eigenvalue weighted by atomic mass is 9.99. The van der Waals surface area contributed by atoms with Crippen molar-refractivity contribution in [1.29, 1.82) is 0 Å². The predicted molar refractivity (Wildman–Crippen MR) is 80.7 cm³/mol. The smallest absolute Gasteiger partial charge is 0.133 e. The van der Waals surface area contributed by atoms with E-state index in [1.165, 1.54) is 0 Å². The number of rotatable bonds is 2. The van der Waals surface area contributed by atoms with Crippen LogP contribution in [0.25, 0.3) is 0 Å². The Morgan fingerprint density at radius 1 is 1.16 bits per heavy atom. The highest BCUT2D eigenvalue weighted by molar-refractivity contribution is 7.73. The molecule has 2 nitrogen and oxygen atoms in total. The van der Waals surface area contributed by atoms with Crippen molar-refractivity contribution < 1.29 is 9.36 Å². The fourth-order valence-electron chi connectivity index (χ4n) is 3.11. The fourth-order valence-corrected chi connectivity index (χ4v) is 7.02. The molecule has 0 spiro atoms. The Morgan fingerprint density at radius 3 is 2.32 bits per heavy atom. The second-order valence-electron chi connectivity index (χ2n) is 6.45. The molecule has 1 aromatic rings. The normalized spacial score (nSPS) is 23.9. The summed E-state index contributed by atoms with van der Waals surface area (Å²) >= 11 is 0. The van der Waals surface area contributed by atoms with E-state index in [1.54, 1.807) is 0 Å². The molecule has 104 valence electrons. The van der Waals surface area contributed by atoms with E-state index in [4.69, 9.17) is 0 Å². The van der Waals surface area contributed by atoms with Crippen LogP contribution < -0.4 is 5.30 Å². The first-order valence-corrected chi connectivity index (χ1v) is 8.80. The Morgan fingerprint density at radius 2 is 1.79 bits per heavy atom. The molecule has 1 fully saturated rings. The average Bonchev–Trinajstić information content (AvgIpc) is 2.37. The molecule has 2 atom stereocenters. The maximum Gasteiger partial charge on any atom is 0.133 e. The van der Waals surface area contributed by atoms with E-state index in [2.05, 4.69) is 0 Å². The summed E-state index contributed by atoms with van der Waals surface area (Å²) in [7, 11) is -2.59. The summed E-state index contributed by atoms with van der Waals surface area (Å²) < 4.78 is 13.8. The highest BCUT2D eigenvalue weighted by atomic mass is 31.2. The Bertz CT molecular complexity index is 499. The number of hydrogen-bond donors (Lipinski definition) is 0. The molecule has 1 aliphatic rings. The van der Waals surface area contributed by atoms with Crippen LogP contribution in [0.5, 0.6) is 0 Å². The van der Waals surface area contributed by atoms with Gasteiger partial charge in [0.25, 0.3) is 0 Å². The Balaban J connectivity index is 2.47. The topological polar surface area (TPSA) is 34.1 Å². The zero-order valence-corrected chi connectivity index (χ0v) is 13.0. The molecule has 0 heterocycles. The summed E-state index contributed by atoms with van der Waals surface area (Å²) in [6, 6.07) is 9.76. The first-order valence-electron chi connectivity index (χ1n) is 7.03. The molecule has 0 amide bonds. The van der Waals surface area contributed by atoms with Crippen molar-refractivity contribution in [2.75, 3.05) is 0 Å². The summed E-state index contributed by atoms with van der Waals surface area (Å²) in [5.41, 5.74) is 0.0242. The highest BCUT2D eigenvalue weighted by Gasteiger charge is 2.45. The van der Waals surface area contributed by atoms with Gasteiger partial charge in [0.2, 0.25) is 0 Å². The average molecular weight is 278 g/mol. The van der Waals surface area contributed by atoms with Gasteiger partial charge in [-0.2, -0.15) is 0 Å². The van der Waals surface area contributed by atoms with Gasteiger partial charge in [-0.05, 0) is 12.8 Å². The van der Waals surface area contributed by atoms with E-state index in [-0.39, 0.29) is 16.6 Å². The first kappa shape index (κ1) is 14.5. The van der Waals surface area contributed by atoms with E-state index in [0.29, 0.717) is 12.8 Å². The molecule has 0 unspecified atom stereocenters. The number of carbonyl (C=O) groups excluding carboxylic acids is 1. The van der Waals surface area contributed by atoms with Crippen LogP contribution in [0.2, 0.25) is 0 Å². The van der Waals surface area contributed by atoms with Crippen molar-refractivity contribution in [3.05, 3.63) is 30.3 Å². The van der Waals surface area contributed by atoms with Crippen molar-refractivity contribution in [2.24, 2.45) is 0 Å². The van der Waals surface area contributed by atoms with E-state index in [1.807, 2.05) is 51.1 Å². The van der Waals surface area contributed by atoms with Gasteiger partial charge in [-0.25, -0.2) is 0 Å². The van der Waals surface area contributed by atoms with E-state index in [0.717, 1.165) is 18.1 Å². The lowest BCUT2D eigenvalue weighted by molar-refractivity contribution is -0.120. The summed E-state index contributed by atoms with van der Waals surface area (Å²) in [6.07, 6.45) is 2.95. The lowest BCUT2D eigenvalue weighted by Gasteiger charge is -2.39. The van der Waals surface area contributed by atoms with E-state index >= 15 is 0 Å². The second kappa shape index (κ2) is 5.25. The number of carbonyl (C=O) groups is 1. The van der Waals surface area contributed by atoms with Crippen molar-refractivity contribution in [2.45, 2.75) is 57.3 Å². The molecule has 19 heavy (non-hydrogen) atoms. The van der Waals surface area contributed by atoms with Crippen molar-refractivity contribution in [3.63, 3.8) is 0 Å². The standard InChI is InChI=1S/C16H23O2P/c1-16(2,3)19(18,14-9-5-4-6-10-14)15-11-7-8-13(17)12-15/h4-6,9-10,15H,7-8,11-12H2,1-3H3/t15-,19-/m0/s1. The molecule has 1 aromatic carbocycles. The van der Waals surface area contributed by atoms with Gasteiger partial charge in [0.15, 0.2) is 0 Å². The van der Waals surface area contributed by atoms with Crippen LogP contribution in [0.4, 0.5) is 0 Å². The third kappa shape index (κ3) is 2.69. The largest absolute Gasteiger partial charge is 0.318 e. The highest BCUT2D eigenvalue weighted by Crippen LogP contribution is 2.63. The SMILES string of the molecule is CC(C)(C)[P@](=O)(c1ccccc1)[C@H]1CCCC(=O)C1. The zero-order valence-electron chi connectivity index (χ0n) is 12.1. The van der Waals surface area contributed by atoms with Gasteiger partial charge < -0.3 is 4.57 Å². The molecule has 0 bridgehead atoms. The number of Topliss-reactive ketones (excluding diaryl/α,β-unsaturated/α-hetero) is 1. The van der Waals surface area contributed by atoms with Gasteiger partial charge in [0.05, 0.1) is 0 Å². The zero-order chi connectivity index (χ0) is 14.1. The van der Waals surface area contributed by atoms with Crippen LogP contribution in [-0.4, -0.2) is 16.6 Å². The minimum atomic E-state index is -2.59. The van der Waals surface area contributed by atoms with Gasteiger partial charge in [-0.1, -0.05) is 51.1 Å². The van der Waals surface area contributed by atoms with Crippen LogP contribution in [0, 0.1) is 0 Å². The number of benzene rings is 1. The lowest BCUT2D eigenvalue weighted by Crippen LogP contribution is -2.34. The predicted octanol–water partition coefficient (Wildman–Crippen LogP) is 3.99. The van der Waals surface area contributed by atoms with E-state index < -0.39 is 7.14 Å². The molecular weight excluding hydrogens is 255 g/mol. The van der Waals surface area contributed by atoms with Crippen molar-refractivity contribution >= 4 is 18.2 Å². The third-order valence-electron chi connectivity index (χ3n) is 4.11. The van der Waals surface area contributed by atoms with Crippen LogP contribution >= 0.6 is 7.14 Å². The fraction of sp³-hybridized carbons (Fsp3) is 0.562. The van der Waals surface area contributed by atoms with E-state index in [9.17, 15) is 9.36 Å². The quantitative estimate of drug-likeness (QED) is 0.767. The van der Waals surface area contributed by atoms with Crippen molar-refractivity contribution in [1.82, 2.24) is 0 Å². The Hall–Kier alpha value is -0.880. The molecule has 1 saturated carbocycles. The van der Waals surface area contributed by atoms with Gasteiger partial charge in [0, 0.05) is 29.0 Å². The van der Waals surface area contributed by atoms with Crippen LogP contribution in [0.1, 0.15) is 46.5 Å². The molecule has 0 radical (unpaired) electrons. The molecule has 0 aromatic heterocycles. The maximum atomic E-state index is 13.8. The molecular formula is C16H23O2P. The Kier molecular flexibility index (Phi) is 4.01. The first-order chi connectivity index (χ1) is 8.85. The maximum absolute atomic E-state index is 13.8. The summed E-state index contributed by atoms with van der Waals surface area (Å²) in [5, 5.41) is 0.638. The molecule has 2 rings (SSSR count). The Labute approximate surface area is 116 Å².